The van der Waals surface area contributed by atoms with E-state index < -0.39 is 30.1 Å². The second kappa shape index (κ2) is 7.65. The third kappa shape index (κ3) is 3.56. The second-order valence-electron chi connectivity index (χ2n) is 6.85. The first-order chi connectivity index (χ1) is 14.3. The lowest BCUT2D eigenvalue weighted by molar-refractivity contribution is -0.144. The fourth-order valence-corrected chi connectivity index (χ4v) is 4.99. The number of ether oxygens (including phenoxy) is 1. The highest BCUT2D eigenvalue weighted by Crippen LogP contribution is 2.44. The monoisotopic (exact) mass is 472 g/mol. The van der Waals surface area contributed by atoms with Gasteiger partial charge >= 0.3 is 12.1 Å². The van der Waals surface area contributed by atoms with Crippen LogP contribution in [0.25, 0.3) is 11.1 Å². The van der Waals surface area contributed by atoms with Gasteiger partial charge in [0, 0.05) is 10.8 Å². The molecule has 148 valence electrons. The number of rotatable bonds is 5. The maximum Gasteiger partial charge on any atom is 0.408 e. The van der Waals surface area contributed by atoms with E-state index in [1.165, 1.54) is 18.3 Å². The molecule has 0 saturated carbocycles. The third-order valence-electron chi connectivity index (χ3n) is 5.04. The van der Waals surface area contributed by atoms with E-state index in [1.54, 1.807) is 12.1 Å². The van der Waals surface area contributed by atoms with Crippen LogP contribution in [0, 0.1) is 0 Å². The van der Waals surface area contributed by atoms with Crippen LogP contribution >= 0.6 is 27.3 Å². The Bertz CT molecular complexity index is 1090. The van der Waals surface area contributed by atoms with Gasteiger partial charge in [0.2, 0.25) is 0 Å². The van der Waals surface area contributed by atoms with E-state index in [9.17, 15) is 14.7 Å². The number of benzene rings is 2. The summed E-state index contributed by atoms with van der Waals surface area (Å²) in [7, 11) is 0. The summed E-state index contributed by atoms with van der Waals surface area (Å²) in [5.74, 6) is -1.66. The van der Waals surface area contributed by atoms with Crippen molar-refractivity contribution >= 4 is 39.3 Å². The molecular weight excluding hydrogens is 454 g/mol. The predicted molar refractivity (Wildman–Crippen MR) is 115 cm³/mol. The molecule has 0 fully saturated rings. The molecule has 0 spiro atoms. The Hall–Kier alpha value is -2.64. The summed E-state index contributed by atoms with van der Waals surface area (Å²) in [4.78, 5) is 25.0. The highest BCUT2D eigenvalue weighted by molar-refractivity contribution is 9.11. The van der Waals surface area contributed by atoms with Gasteiger partial charge in [-0.2, -0.15) is 0 Å². The van der Waals surface area contributed by atoms with Gasteiger partial charge in [-0.15, -0.1) is 11.3 Å². The highest BCUT2D eigenvalue weighted by Gasteiger charge is 2.39. The van der Waals surface area contributed by atoms with Crippen LogP contribution in [-0.2, 0) is 15.1 Å². The molecule has 0 bridgehead atoms. The van der Waals surface area contributed by atoms with Gasteiger partial charge in [-0.1, -0.05) is 48.5 Å². The molecule has 1 amide bonds. The molecule has 0 aliphatic heterocycles. The molecule has 5 nitrogen and oxygen atoms in total. The SMILES string of the molecule is [2H]C(OC(=O)N[C@@](C)(C(=O)O)c1ccc(Br)s1)C1c2ccccc2-c2ccccc21. The number of carboxylic acid groups (broad SMARTS) is 1. The lowest BCUT2D eigenvalue weighted by Gasteiger charge is -2.25. The molecule has 2 atom stereocenters. The Morgan fingerprint density at radius 1 is 1.14 bits per heavy atom. The number of carbonyl (C=O) groups excluding carboxylic acids is 1. The molecule has 1 unspecified atom stereocenters. The summed E-state index contributed by atoms with van der Waals surface area (Å²) in [6.45, 7) is 0.163. The van der Waals surface area contributed by atoms with E-state index in [0.717, 1.165) is 26.0 Å². The number of thiophene rings is 1. The van der Waals surface area contributed by atoms with E-state index in [2.05, 4.69) is 21.2 Å². The van der Waals surface area contributed by atoms with Gasteiger partial charge in [0.15, 0.2) is 5.54 Å². The van der Waals surface area contributed by atoms with Crippen molar-refractivity contribution in [2.75, 3.05) is 6.58 Å². The van der Waals surface area contributed by atoms with Crippen LogP contribution in [0.2, 0.25) is 0 Å². The predicted octanol–water partition coefficient (Wildman–Crippen LogP) is 5.35. The normalized spacial score (nSPS) is 16.1. The third-order valence-corrected chi connectivity index (χ3v) is 6.88. The maximum atomic E-state index is 12.6. The van der Waals surface area contributed by atoms with E-state index in [4.69, 9.17) is 6.11 Å². The topological polar surface area (TPSA) is 75.6 Å². The Balaban J connectivity index is 1.57. The summed E-state index contributed by atoms with van der Waals surface area (Å²) in [6.07, 6.45) is -0.953. The van der Waals surface area contributed by atoms with Crippen LogP contribution in [0.3, 0.4) is 0 Å². The van der Waals surface area contributed by atoms with Crippen LogP contribution in [0.15, 0.2) is 64.5 Å². The summed E-state index contributed by atoms with van der Waals surface area (Å²) in [5.41, 5.74) is 2.18. The van der Waals surface area contributed by atoms with Gasteiger partial charge in [-0.25, -0.2) is 9.59 Å². The van der Waals surface area contributed by atoms with E-state index in [1.807, 2.05) is 48.5 Å². The second-order valence-corrected chi connectivity index (χ2v) is 9.32. The minimum absolute atomic E-state index is 0.442. The number of carbonyl (C=O) groups is 2. The molecule has 1 heterocycles. The molecule has 29 heavy (non-hydrogen) atoms. The summed E-state index contributed by atoms with van der Waals surface area (Å²) in [6, 6.07) is 18.8. The number of amides is 1. The lowest BCUT2D eigenvalue weighted by atomic mass is 9.98. The number of aliphatic carboxylic acids is 1. The van der Waals surface area contributed by atoms with E-state index >= 15 is 0 Å². The Morgan fingerprint density at radius 2 is 1.72 bits per heavy atom. The van der Waals surface area contributed by atoms with Gasteiger partial charge in [-0.05, 0) is 57.2 Å². The average molecular weight is 473 g/mol. The van der Waals surface area contributed by atoms with Crippen molar-refractivity contribution in [3.8, 4) is 11.1 Å². The molecule has 1 aromatic heterocycles. The summed E-state index contributed by atoms with van der Waals surface area (Å²) >= 11 is 4.52. The van der Waals surface area contributed by atoms with Crippen molar-refractivity contribution < 1.29 is 20.8 Å². The number of halogens is 1. The zero-order valence-corrected chi connectivity index (χ0v) is 17.8. The lowest BCUT2D eigenvalue weighted by Crippen LogP contribution is -2.49. The van der Waals surface area contributed by atoms with Crippen LogP contribution in [0.5, 0.6) is 0 Å². The molecule has 2 N–H and O–H groups in total. The van der Waals surface area contributed by atoms with Gasteiger partial charge in [0.25, 0.3) is 0 Å². The quantitative estimate of drug-likeness (QED) is 0.524. The van der Waals surface area contributed by atoms with Crippen molar-refractivity contribution in [1.82, 2.24) is 5.32 Å². The van der Waals surface area contributed by atoms with Crippen LogP contribution in [0.4, 0.5) is 4.79 Å². The molecule has 2 aromatic carbocycles. The van der Waals surface area contributed by atoms with Crippen LogP contribution in [-0.4, -0.2) is 23.8 Å². The fraction of sp³-hybridized carbons (Fsp3) is 0.182. The molecule has 1 aliphatic carbocycles. The molecule has 1 aliphatic rings. The minimum Gasteiger partial charge on any atom is -0.479 e. The first-order valence-corrected chi connectivity index (χ1v) is 10.5. The minimum atomic E-state index is -1.67. The summed E-state index contributed by atoms with van der Waals surface area (Å²) < 4.78 is 14.7. The maximum absolute atomic E-state index is 12.6. The number of alkyl carbamates (subject to hydrolysis) is 1. The largest absolute Gasteiger partial charge is 0.479 e. The van der Waals surface area contributed by atoms with E-state index in [0.29, 0.717) is 4.88 Å². The molecule has 0 radical (unpaired) electrons. The summed E-state index contributed by atoms with van der Waals surface area (Å²) in [5, 5.41) is 12.2. The Kier molecular flexibility index (Phi) is 4.85. The number of carboxylic acids is 1. The first-order valence-electron chi connectivity index (χ1n) is 9.47. The number of hydrogen-bond acceptors (Lipinski definition) is 4. The zero-order chi connectivity index (χ0) is 21.5. The molecule has 4 rings (SSSR count). The first kappa shape index (κ1) is 18.4. The standard InChI is InChI=1S/C22H18BrNO4S/c1-22(20(25)26,18-10-11-19(23)29-18)24-21(27)28-12-17-15-8-4-2-6-13(15)14-7-3-5-9-16(14)17/h2-11,17H,12H2,1H3,(H,24,27)(H,25,26)/t22-/m1/s1/i12D/t12?,22-. The number of hydrogen-bond donors (Lipinski definition) is 2. The highest BCUT2D eigenvalue weighted by atomic mass is 79.9. The van der Waals surface area contributed by atoms with Crippen molar-refractivity contribution in [3.05, 3.63) is 80.5 Å². The van der Waals surface area contributed by atoms with Crippen LogP contribution in [0.1, 0.15) is 30.2 Å². The zero-order valence-electron chi connectivity index (χ0n) is 16.4. The average Bonchev–Trinajstić information content (AvgIpc) is 3.29. The molecule has 3 aromatic rings. The van der Waals surface area contributed by atoms with Crippen molar-refractivity contribution in [2.24, 2.45) is 0 Å². The Morgan fingerprint density at radius 3 is 2.24 bits per heavy atom. The number of nitrogens with one attached hydrogen (secondary N) is 1. The fourth-order valence-electron chi connectivity index (χ4n) is 3.51. The van der Waals surface area contributed by atoms with Gasteiger partial charge < -0.3 is 15.2 Å². The molecule has 0 saturated heterocycles. The van der Waals surface area contributed by atoms with Gasteiger partial charge in [0.05, 0.1) is 5.16 Å². The molecular formula is C22H18BrNO4S. The van der Waals surface area contributed by atoms with Crippen molar-refractivity contribution in [2.45, 2.75) is 18.4 Å². The van der Waals surface area contributed by atoms with E-state index in [-0.39, 0.29) is 0 Å². The van der Waals surface area contributed by atoms with Gasteiger partial charge in [0.1, 0.15) is 6.58 Å². The Labute approximate surface area is 181 Å². The smallest absolute Gasteiger partial charge is 0.408 e. The molecule has 7 heteroatoms. The van der Waals surface area contributed by atoms with Gasteiger partial charge in [-0.3, -0.25) is 0 Å². The van der Waals surface area contributed by atoms with Crippen molar-refractivity contribution in [3.63, 3.8) is 0 Å². The number of fused-ring (bicyclic) bond motifs is 3. The van der Waals surface area contributed by atoms with Crippen molar-refractivity contribution in [1.29, 1.82) is 0 Å². The van der Waals surface area contributed by atoms with Crippen LogP contribution < -0.4 is 5.32 Å².